The number of aryl methyl sites for hydroxylation is 1. The lowest BCUT2D eigenvalue weighted by atomic mass is 10.0. The molecule has 2 nitrogen and oxygen atoms in total. The largest absolute Gasteiger partial charge is 0.237 e. The standard InChI is InChI=1S/C19H17NOS/c1-14-9-11-16(12-10-14)22(21)20-13-19(20)18-8-4-6-15-5-2-3-7-17(15)18/h2-12,19H,13H2,1H3/t19-,20?,22+/m1/s1. The Balaban J connectivity index is 1.63. The van der Waals surface area contributed by atoms with E-state index in [2.05, 4.69) is 42.5 Å². The van der Waals surface area contributed by atoms with Crippen molar-refractivity contribution >= 4 is 21.8 Å². The maximum Gasteiger partial charge on any atom is 0.128 e. The number of rotatable bonds is 3. The van der Waals surface area contributed by atoms with Gasteiger partial charge < -0.3 is 0 Å². The van der Waals surface area contributed by atoms with Crippen LogP contribution in [0, 0.1) is 6.92 Å². The first-order valence-electron chi connectivity index (χ1n) is 7.47. The summed E-state index contributed by atoms with van der Waals surface area (Å²) in [6.45, 7) is 2.90. The summed E-state index contributed by atoms with van der Waals surface area (Å²) in [5.41, 5.74) is 2.47. The second-order valence-corrected chi connectivity index (χ2v) is 7.18. The Kier molecular flexibility index (Phi) is 3.32. The SMILES string of the molecule is Cc1ccc([S@](=O)N2C[C@@H]2c2cccc3ccccc23)cc1. The van der Waals surface area contributed by atoms with E-state index in [0.29, 0.717) is 0 Å². The quantitative estimate of drug-likeness (QED) is 0.663. The monoisotopic (exact) mass is 307 g/mol. The number of fused-ring (bicyclic) bond motifs is 1. The Morgan fingerprint density at radius 2 is 1.68 bits per heavy atom. The Morgan fingerprint density at radius 3 is 2.50 bits per heavy atom. The zero-order valence-electron chi connectivity index (χ0n) is 12.4. The van der Waals surface area contributed by atoms with Crippen molar-refractivity contribution < 1.29 is 4.21 Å². The molecule has 0 aliphatic carbocycles. The van der Waals surface area contributed by atoms with Gasteiger partial charge in [-0.3, -0.25) is 0 Å². The average molecular weight is 307 g/mol. The molecule has 3 aromatic rings. The summed E-state index contributed by atoms with van der Waals surface area (Å²) >= 11 is 0. The van der Waals surface area contributed by atoms with Crippen LogP contribution >= 0.6 is 0 Å². The molecule has 1 aliphatic rings. The van der Waals surface area contributed by atoms with Crippen molar-refractivity contribution in [3.8, 4) is 0 Å². The van der Waals surface area contributed by atoms with E-state index in [0.717, 1.165) is 11.4 Å². The Labute approximate surface area is 133 Å². The van der Waals surface area contributed by atoms with Gasteiger partial charge in [-0.1, -0.05) is 60.2 Å². The maximum atomic E-state index is 12.7. The molecule has 1 heterocycles. The molecule has 110 valence electrons. The predicted octanol–water partition coefficient (Wildman–Crippen LogP) is 4.23. The first-order chi connectivity index (χ1) is 10.7. The Morgan fingerprint density at radius 1 is 0.955 bits per heavy atom. The molecule has 3 heteroatoms. The number of benzene rings is 3. The summed E-state index contributed by atoms with van der Waals surface area (Å²) in [4.78, 5) is 0.883. The van der Waals surface area contributed by atoms with Gasteiger partial charge in [0.25, 0.3) is 0 Å². The van der Waals surface area contributed by atoms with Gasteiger partial charge in [0, 0.05) is 6.54 Å². The third-order valence-electron chi connectivity index (χ3n) is 4.18. The molecular formula is C19H17NOS. The molecule has 0 radical (unpaired) electrons. The van der Waals surface area contributed by atoms with Crippen molar-refractivity contribution in [3.63, 3.8) is 0 Å². The van der Waals surface area contributed by atoms with Crippen LogP contribution < -0.4 is 0 Å². The topological polar surface area (TPSA) is 20.1 Å². The van der Waals surface area contributed by atoms with Crippen molar-refractivity contribution in [2.75, 3.05) is 6.54 Å². The second-order valence-electron chi connectivity index (χ2n) is 5.75. The van der Waals surface area contributed by atoms with Crippen LogP contribution in [0.2, 0.25) is 0 Å². The van der Waals surface area contributed by atoms with Gasteiger partial charge in [0.1, 0.15) is 11.0 Å². The second kappa shape index (κ2) is 5.34. The lowest BCUT2D eigenvalue weighted by Crippen LogP contribution is -2.04. The lowest BCUT2D eigenvalue weighted by molar-refractivity contribution is 0.647. The van der Waals surface area contributed by atoms with E-state index >= 15 is 0 Å². The third-order valence-corrected chi connectivity index (χ3v) is 5.69. The molecule has 0 amide bonds. The van der Waals surface area contributed by atoms with Gasteiger partial charge in [-0.15, -0.1) is 0 Å². The van der Waals surface area contributed by atoms with E-state index in [-0.39, 0.29) is 6.04 Å². The van der Waals surface area contributed by atoms with Crippen molar-refractivity contribution in [3.05, 3.63) is 77.9 Å². The predicted molar refractivity (Wildman–Crippen MR) is 91.0 cm³/mol. The molecule has 0 N–H and O–H groups in total. The molecule has 1 saturated heterocycles. The minimum atomic E-state index is -1.07. The average Bonchev–Trinajstić information content (AvgIpc) is 3.35. The summed E-state index contributed by atoms with van der Waals surface area (Å²) in [5.74, 6) is 0. The molecular weight excluding hydrogens is 290 g/mol. The highest BCUT2D eigenvalue weighted by Crippen LogP contribution is 2.41. The highest BCUT2D eigenvalue weighted by molar-refractivity contribution is 7.83. The van der Waals surface area contributed by atoms with Gasteiger partial charge in [-0.2, -0.15) is 0 Å². The summed E-state index contributed by atoms with van der Waals surface area (Å²) < 4.78 is 14.7. The molecule has 3 aromatic carbocycles. The first-order valence-corrected chi connectivity index (χ1v) is 8.57. The Hall–Kier alpha value is -1.97. The Bertz CT molecular complexity index is 851. The van der Waals surface area contributed by atoms with Crippen LogP contribution in [0.15, 0.2) is 71.6 Å². The summed E-state index contributed by atoms with van der Waals surface area (Å²) in [5, 5.41) is 2.51. The summed E-state index contributed by atoms with van der Waals surface area (Å²) in [6, 6.07) is 23.0. The van der Waals surface area contributed by atoms with E-state index in [1.165, 1.54) is 21.9 Å². The van der Waals surface area contributed by atoms with Crippen molar-refractivity contribution in [1.29, 1.82) is 0 Å². The van der Waals surface area contributed by atoms with E-state index in [1.807, 2.05) is 35.5 Å². The fourth-order valence-corrected chi connectivity index (χ4v) is 4.15. The zero-order valence-corrected chi connectivity index (χ0v) is 13.2. The summed E-state index contributed by atoms with van der Waals surface area (Å²) in [6.07, 6.45) is 0. The smallest absolute Gasteiger partial charge is 0.128 e. The molecule has 1 unspecified atom stereocenters. The third kappa shape index (κ3) is 2.36. The van der Waals surface area contributed by atoms with Gasteiger partial charge in [0.15, 0.2) is 0 Å². The highest BCUT2D eigenvalue weighted by Gasteiger charge is 2.41. The highest BCUT2D eigenvalue weighted by atomic mass is 32.2. The van der Waals surface area contributed by atoms with Crippen LogP contribution in [0.25, 0.3) is 10.8 Å². The molecule has 22 heavy (non-hydrogen) atoms. The number of hydrogen-bond donors (Lipinski definition) is 0. The van der Waals surface area contributed by atoms with Crippen LogP contribution in [0.5, 0.6) is 0 Å². The molecule has 3 atom stereocenters. The van der Waals surface area contributed by atoms with Crippen molar-refractivity contribution in [2.24, 2.45) is 0 Å². The summed E-state index contributed by atoms with van der Waals surface area (Å²) in [7, 11) is -1.07. The van der Waals surface area contributed by atoms with Gasteiger partial charge in [0.05, 0.1) is 10.9 Å². The first kappa shape index (κ1) is 13.7. The van der Waals surface area contributed by atoms with Gasteiger partial charge in [-0.05, 0) is 35.4 Å². The minimum Gasteiger partial charge on any atom is -0.237 e. The molecule has 0 saturated carbocycles. The fraction of sp³-hybridized carbons (Fsp3) is 0.158. The lowest BCUT2D eigenvalue weighted by Gasteiger charge is -2.07. The molecule has 1 aliphatic heterocycles. The van der Waals surface area contributed by atoms with Crippen LogP contribution in [0.3, 0.4) is 0 Å². The van der Waals surface area contributed by atoms with Crippen LogP contribution in [0.1, 0.15) is 17.2 Å². The molecule has 4 rings (SSSR count). The minimum absolute atomic E-state index is 0.258. The van der Waals surface area contributed by atoms with Crippen LogP contribution in [-0.4, -0.2) is 15.1 Å². The van der Waals surface area contributed by atoms with E-state index in [1.54, 1.807) is 0 Å². The molecule has 0 bridgehead atoms. The van der Waals surface area contributed by atoms with E-state index in [9.17, 15) is 4.21 Å². The van der Waals surface area contributed by atoms with Crippen LogP contribution in [0.4, 0.5) is 0 Å². The van der Waals surface area contributed by atoms with E-state index in [4.69, 9.17) is 0 Å². The van der Waals surface area contributed by atoms with Gasteiger partial charge in [-0.25, -0.2) is 8.51 Å². The van der Waals surface area contributed by atoms with Gasteiger partial charge >= 0.3 is 0 Å². The van der Waals surface area contributed by atoms with E-state index < -0.39 is 11.0 Å². The maximum absolute atomic E-state index is 12.7. The molecule has 1 fully saturated rings. The fourth-order valence-electron chi connectivity index (χ4n) is 2.89. The molecule has 0 spiro atoms. The van der Waals surface area contributed by atoms with Gasteiger partial charge in [0.2, 0.25) is 0 Å². The van der Waals surface area contributed by atoms with Crippen LogP contribution in [-0.2, 0) is 11.0 Å². The van der Waals surface area contributed by atoms with Crippen molar-refractivity contribution in [2.45, 2.75) is 17.9 Å². The van der Waals surface area contributed by atoms with Crippen molar-refractivity contribution in [1.82, 2.24) is 4.31 Å². The normalized spacial score (nSPS) is 21.7. The number of nitrogens with zero attached hydrogens (tertiary/aromatic N) is 1. The zero-order chi connectivity index (χ0) is 15.1. The molecule has 0 aromatic heterocycles. The number of hydrogen-bond acceptors (Lipinski definition) is 1.